The summed E-state index contributed by atoms with van der Waals surface area (Å²) in [5.74, 6) is 0. The molecule has 0 bridgehead atoms. The van der Waals surface area contributed by atoms with Crippen LogP contribution in [0.5, 0.6) is 0 Å². The van der Waals surface area contributed by atoms with Crippen LogP contribution in [-0.4, -0.2) is 16.8 Å². The molecule has 18 heavy (non-hydrogen) atoms. The van der Waals surface area contributed by atoms with E-state index >= 15 is 0 Å². The zero-order chi connectivity index (χ0) is 13.2. The molecule has 2 aromatic carbocycles. The van der Waals surface area contributed by atoms with Crippen LogP contribution in [0.3, 0.4) is 0 Å². The number of carbonyl (C=O) groups excluding carboxylic acids is 1. The third kappa shape index (κ3) is 5.17. The fourth-order valence-corrected chi connectivity index (χ4v) is 1.99. The Balaban J connectivity index is 0.000000492. The van der Waals surface area contributed by atoms with Crippen LogP contribution in [0.2, 0.25) is 0 Å². The van der Waals surface area contributed by atoms with Crippen molar-refractivity contribution in [2.75, 3.05) is 6.61 Å². The van der Waals surface area contributed by atoms with Crippen LogP contribution in [0.1, 0.15) is 17.3 Å². The quantitative estimate of drug-likeness (QED) is 0.838. The lowest BCUT2D eigenvalue weighted by atomic mass is 10.2. The van der Waals surface area contributed by atoms with Gasteiger partial charge in [0.2, 0.25) is 5.12 Å². The molecule has 0 aromatic heterocycles. The first kappa shape index (κ1) is 14.5. The number of hydrogen-bond acceptors (Lipinski definition) is 3. The zero-order valence-electron chi connectivity index (χ0n) is 10.2. The van der Waals surface area contributed by atoms with Crippen molar-refractivity contribution in [3.8, 4) is 0 Å². The highest BCUT2D eigenvalue weighted by Gasteiger charge is 2.06. The number of thioether (sulfide) groups is 1. The molecule has 2 rings (SSSR count). The second-order valence-electron chi connectivity index (χ2n) is 3.38. The Morgan fingerprint density at radius 1 is 1.00 bits per heavy atom. The first-order valence-electron chi connectivity index (χ1n) is 5.71. The number of carbonyl (C=O) groups is 1. The number of aliphatic hydroxyl groups excluding tert-OH is 1. The predicted molar refractivity (Wildman–Crippen MR) is 75.8 cm³/mol. The van der Waals surface area contributed by atoms with Gasteiger partial charge in [0.05, 0.1) is 0 Å². The normalized spacial score (nSPS) is 9.22. The number of hydrogen-bond donors (Lipinski definition) is 1. The van der Waals surface area contributed by atoms with Crippen molar-refractivity contribution in [2.24, 2.45) is 0 Å². The Hall–Kier alpha value is -1.58. The van der Waals surface area contributed by atoms with E-state index in [0.717, 1.165) is 10.5 Å². The van der Waals surface area contributed by atoms with E-state index in [1.165, 1.54) is 11.8 Å². The summed E-state index contributed by atoms with van der Waals surface area (Å²) in [4.78, 5) is 12.8. The van der Waals surface area contributed by atoms with Crippen LogP contribution in [0.25, 0.3) is 0 Å². The number of benzene rings is 2. The molecule has 3 heteroatoms. The van der Waals surface area contributed by atoms with Crippen molar-refractivity contribution in [3.05, 3.63) is 66.2 Å². The van der Waals surface area contributed by atoms with Crippen molar-refractivity contribution in [2.45, 2.75) is 11.8 Å². The summed E-state index contributed by atoms with van der Waals surface area (Å²) in [7, 11) is 0. The summed E-state index contributed by atoms with van der Waals surface area (Å²) in [6, 6.07) is 19.0. The minimum atomic E-state index is 0.0850. The molecule has 0 saturated carbocycles. The molecular weight excluding hydrogens is 244 g/mol. The Kier molecular flexibility index (Phi) is 6.84. The smallest absolute Gasteiger partial charge is 0.224 e. The molecule has 0 amide bonds. The van der Waals surface area contributed by atoms with E-state index in [-0.39, 0.29) is 11.7 Å². The largest absolute Gasteiger partial charge is 0.397 e. The van der Waals surface area contributed by atoms with Crippen LogP contribution in [0.4, 0.5) is 0 Å². The fraction of sp³-hybridized carbons (Fsp3) is 0.133. The van der Waals surface area contributed by atoms with E-state index in [2.05, 4.69) is 0 Å². The van der Waals surface area contributed by atoms with Crippen LogP contribution in [0, 0.1) is 0 Å². The average molecular weight is 260 g/mol. The molecule has 0 heterocycles. The van der Waals surface area contributed by atoms with Gasteiger partial charge in [-0.2, -0.15) is 0 Å². The van der Waals surface area contributed by atoms with Crippen LogP contribution >= 0.6 is 11.8 Å². The highest BCUT2D eigenvalue weighted by Crippen LogP contribution is 2.21. The second-order valence-corrected chi connectivity index (χ2v) is 4.43. The lowest BCUT2D eigenvalue weighted by molar-refractivity contribution is 0.108. The topological polar surface area (TPSA) is 37.3 Å². The van der Waals surface area contributed by atoms with Gasteiger partial charge in [0.15, 0.2) is 0 Å². The van der Waals surface area contributed by atoms with Gasteiger partial charge in [-0.25, -0.2) is 0 Å². The average Bonchev–Trinajstić information content (AvgIpc) is 2.42. The maximum Gasteiger partial charge on any atom is 0.224 e. The lowest BCUT2D eigenvalue weighted by Crippen LogP contribution is -1.91. The molecule has 0 aliphatic heterocycles. The van der Waals surface area contributed by atoms with Crippen LogP contribution < -0.4 is 0 Å². The van der Waals surface area contributed by atoms with Gasteiger partial charge in [-0.1, -0.05) is 48.5 Å². The Morgan fingerprint density at radius 2 is 1.44 bits per heavy atom. The van der Waals surface area contributed by atoms with Gasteiger partial charge in [-0.05, 0) is 30.8 Å². The molecule has 2 aromatic rings. The van der Waals surface area contributed by atoms with Gasteiger partial charge in [-0.15, -0.1) is 0 Å². The van der Waals surface area contributed by atoms with Crippen LogP contribution in [0.15, 0.2) is 65.6 Å². The highest BCUT2D eigenvalue weighted by molar-refractivity contribution is 8.14. The molecule has 1 N–H and O–H groups in total. The molecule has 0 fully saturated rings. The van der Waals surface area contributed by atoms with E-state index in [9.17, 15) is 4.79 Å². The summed E-state index contributed by atoms with van der Waals surface area (Å²) < 4.78 is 0. The molecule has 0 aliphatic rings. The van der Waals surface area contributed by atoms with E-state index in [4.69, 9.17) is 5.11 Å². The third-order valence-corrected chi connectivity index (χ3v) is 2.89. The van der Waals surface area contributed by atoms with Gasteiger partial charge in [0.1, 0.15) is 0 Å². The molecule has 94 valence electrons. The summed E-state index contributed by atoms with van der Waals surface area (Å²) >= 11 is 1.26. The molecule has 0 atom stereocenters. The monoisotopic (exact) mass is 260 g/mol. The Bertz CT molecular complexity index is 454. The fourth-order valence-electron chi connectivity index (χ4n) is 1.23. The lowest BCUT2D eigenvalue weighted by Gasteiger charge is -1.99. The van der Waals surface area contributed by atoms with Gasteiger partial charge in [0, 0.05) is 17.1 Å². The first-order valence-corrected chi connectivity index (χ1v) is 6.52. The van der Waals surface area contributed by atoms with Gasteiger partial charge >= 0.3 is 0 Å². The van der Waals surface area contributed by atoms with Gasteiger partial charge in [0.25, 0.3) is 0 Å². The Morgan fingerprint density at radius 3 is 1.94 bits per heavy atom. The van der Waals surface area contributed by atoms with E-state index in [1.54, 1.807) is 6.92 Å². The molecule has 2 nitrogen and oxygen atoms in total. The molecule has 0 unspecified atom stereocenters. The molecule has 0 saturated heterocycles. The number of rotatable bonds is 2. The molecule has 0 aliphatic carbocycles. The molecule has 0 radical (unpaired) electrons. The van der Waals surface area contributed by atoms with Gasteiger partial charge < -0.3 is 5.11 Å². The maximum absolute atomic E-state index is 11.8. The molecular formula is C15H16O2S. The predicted octanol–water partition coefficient (Wildman–Crippen LogP) is 3.62. The van der Waals surface area contributed by atoms with E-state index < -0.39 is 0 Å². The van der Waals surface area contributed by atoms with Crippen molar-refractivity contribution in [1.82, 2.24) is 0 Å². The summed E-state index contributed by atoms with van der Waals surface area (Å²) in [6.45, 7) is 1.93. The minimum Gasteiger partial charge on any atom is -0.397 e. The van der Waals surface area contributed by atoms with Gasteiger partial charge in [-0.3, -0.25) is 4.79 Å². The zero-order valence-corrected chi connectivity index (χ0v) is 11.1. The third-order valence-electron chi connectivity index (χ3n) is 1.96. The summed E-state index contributed by atoms with van der Waals surface area (Å²) in [5, 5.41) is 7.65. The summed E-state index contributed by atoms with van der Waals surface area (Å²) in [6.07, 6.45) is 0. The molecule has 0 spiro atoms. The van der Waals surface area contributed by atoms with Crippen LogP contribution in [-0.2, 0) is 0 Å². The number of aliphatic hydroxyl groups is 1. The van der Waals surface area contributed by atoms with Crippen molar-refractivity contribution >= 4 is 16.9 Å². The highest BCUT2D eigenvalue weighted by atomic mass is 32.2. The maximum atomic E-state index is 11.8. The van der Waals surface area contributed by atoms with E-state index in [1.807, 2.05) is 60.7 Å². The Labute approximate surface area is 112 Å². The first-order chi connectivity index (χ1) is 8.77. The second kappa shape index (κ2) is 8.50. The summed E-state index contributed by atoms with van der Waals surface area (Å²) in [5.41, 5.74) is 0.742. The van der Waals surface area contributed by atoms with Crippen molar-refractivity contribution < 1.29 is 9.90 Å². The van der Waals surface area contributed by atoms with Crippen molar-refractivity contribution in [3.63, 3.8) is 0 Å². The SMILES string of the molecule is CCO.O=C(Sc1ccccc1)c1ccccc1. The van der Waals surface area contributed by atoms with E-state index in [0.29, 0.717) is 0 Å². The standard InChI is InChI=1S/C13H10OS.C2H6O/c14-13(11-7-3-1-4-8-11)15-12-9-5-2-6-10-12;1-2-3/h1-10H;3H,2H2,1H3. The minimum absolute atomic E-state index is 0.0850. The van der Waals surface area contributed by atoms with Crippen molar-refractivity contribution in [1.29, 1.82) is 0 Å².